The van der Waals surface area contributed by atoms with Gasteiger partial charge in [0, 0.05) is 29.3 Å². The average molecular weight is 518 g/mol. The number of carbonyl (C=O) groups is 2. The Labute approximate surface area is 215 Å². The molecule has 0 unspecified atom stereocenters. The van der Waals surface area contributed by atoms with Crippen LogP contribution in [0.2, 0.25) is 0 Å². The highest BCUT2D eigenvalue weighted by Gasteiger charge is 2.29. The van der Waals surface area contributed by atoms with Gasteiger partial charge in [-0.05, 0) is 43.2 Å². The molecular formula is C27H23N3O4S2. The smallest absolute Gasteiger partial charge is 0.292 e. The molecule has 0 fully saturated rings. The molecule has 2 amide bonds. The highest BCUT2D eigenvalue weighted by molar-refractivity contribution is 7.23. The molecule has 5 aromatic rings. The molecule has 36 heavy (non-hydrogen) atoms. The second-order valence-corrected chi connectivity index (χ2v) is 10.7. The molecule has 1 aliphatic rings. The largest absolute Gasteiger partial charge is 0.490 e. The van der Waals surface area contributed by atoms with Crippen LogP contribution in [0.15, 0.2) is 52.9 Å². The van der Waals surface area contributed by atoms with Crippen LogP contribution < -0.4 is 10.1 Å². The maximum absolute atomic E-state index is 13.4. The molecule has 0 aliphatic carbocycles. The van der Waals surface area contributed by atoms with Gasteiger partial charge < -0.3 is 19.4 Å². The number of carbonyl (C=O) groups excluding carboxylic acids is 2. The molecule has 1 N–H and O–H groups in total. The summed E-state index contributed by atoms with van der Waals surface area (Å²) in [5, 5.41) is 5.48. The highest BCUT2D eigenvalue weighted by Crippen LogP contribution is 2.46. The van der Waals surface area contributed by atoms with E-state index in [0.29, 0.717) is 31.0 Å². The molecule has 2 aromatic carbocycles. The first-order chi connectivity index (χ1) is 17.5. The van der Waals surface area contributed by atoms with Gasteiger partial charge in [0.15, 0.2) is 17.1 Å². The average Bonchev–Trinajstić information content (AvgIpc) is 3.58. The lowest BCUT2D eigenvalue weighted by molar-refractivity contribution is -0.129. The van der Waals surface area contributed by atoms with Crippen LogP contribution in [0.25, 0.3) is 31.8 Å². The lowest BCUT2D eigenvalue weighted by Gasteiger charge is -2.25. The van der Waals surface area contributed by atoms with Crippen LogP contribution in [-0.4, -0.2) is 34.8 Å². The maximum Gasteiger partial charge on any atom is 0.292 e. The second-order valence-electron chi connectivity index (χ2n) is 8.56. The Morgan fingerprint density at radius 2 is 2.03 bits per heavy atom. The third-order valence-corrected chi connectivity index (χ3v) is 8.45. The van der Waals surface area contributed by atoms with Gasteiger partial charge in [-0.3, -0.25) is 9.59 Å². The van der Waals surface area contributed by atoms with E-state index in [9.17, 15) is 9.59 Å². The lowest BCUT2D eigenvalue weighted by Crippen LogP contribution is -2.33. The number of thiophene rings is 1. The molecular weight excluding hydrogens is 494 g/mol. The normalized spacial score (nSPS) is 13.2. The van der Waals surface area contributed by atoms with Crippen molar-refractivity contribution in [3.8, 4) is 16.3 Å². The number of thiazole rings is 1. The number of hydrogen-bond acceptors (Lipinski definition) is 7. The van der Waals surface area contributed by atoms with Gasteiger partial charge in [-0.2, -0.15) is 0 Å². The van der Waals surface area contributed by atoms with Crippen LogP contribution in [-0.2, 0) is 17.8 Å². The summed E-state index contributed by atoms with van der Waals surface area (Å²) < 4.78 is 12.7. The molecule has 0 bridgehead atoms. The number of para-hydroxylation sites is 2. The Kier molecular flexibility index (Phi) is 5.73. The van der Waals surface area contributed by atoms with E-state index in [1.54, 1.807) is 24.3 Å². The molecule has 0 atom stereocenters. The van der Waals surface area contributed by atoms with Gasteiger partial charge in [0.2, 0.25) is 5.91 Å². The fourth-order valence-electron chi connectivity index (χ4n) is 4.55. The first kappa shape index (κ1) is 22.8. The fourth-order valence-corrected chi connectivity index (χ4v) is 6.92. The number of nitrogens with zero attached hydrogens (tertiary/aromatic N) is 2. The summed E-state index contributed by atoms with van der Waals surface area (Å²) in [6, 6.07) is 15.4. The summed E-state index contributed by atoms with van der Waals surface area (Å²) in [7, 11) is 0. The molecule has 182 valence electrons. The van der Waals surface area contributed by atoms with Gasteiger partial charge >= 0.3 is 0 Å². The molecule has 9 heteroatoms. The Hall–Kier alpha value is -3.69. The molecule has 0 saturated heterocycles. The zero-order valence-electron chi connectivity index (χ0n) is 19.8. The van der Waals surface area contributed by atoms with E-state index in [-0.39, 0.29) is 17.6 Å². The number of nitrogens with one attached hydrogen (secondary N) is 1. The third kappa shape index (κ3) is 3.94. The molecule has 1 aliphatic heterocycles. The van der Waals surface area contributed by atoms with Crippen molar-refractivity contribution in [1.82, 2.24) is 9.88 Å². The van der Waals surface area contributed by atoms with Crippen LogP contribution in [0.1, 0.15) is 34.8 Å². The standard InChI is InChI=1S/C27H23N3O4S2/c1-3-33-19-9-6-7-16-13-20(34-24(16)19)25(32)29-27-23(26-28-18-8-4-5-10-21(18)35-26)17-11-12-30(15(2)31)14-22(17)36-27/h4-10,13H,3,11-12,14H2,1-2H3,(H,29,32). The molecule has 3 aromatic heterocycles. The van der Waals surface area contributed by atoms with Crippen LogP contribution in [0, 0.1) is 0 Å². The summed E-state index contributed by atoms with van der Waals surface area (Å²) in [6.45, 7) is 5.18. The predicted molar refractivity (Wildman–Crippen MR) is 143 cm³/mol. The number of furan rings is 1. The minimum absolute atomic E-state index is 0.0496. The van der Waals surface area contributed by atoms with Crippen LogP contribution in [0.3, 0.4) is 0 Å². The molecule has 4 heterocycles. The summed E-state index contributed by atoms with van der Waals surface area (Å²) in [4.78, 5) is 33.2. The summed E-state index contributed by atoms with van der Waals surface area (Å²) >= 11 is 3.11. The molecule has 0 radical (unpaired) electrons. The van der Waals surface area contributed by atoms with Crippen molar-refractivity contribution in [1.29, 1.82) is 0 Å². The lowest BCUT2D eigenvalue weighted by atomic mass is 10.0. The Bertz CT molecular complexity index is 1600. The van der Waals surface area contributed by atoms with Crippen LogP contribution in [0.4, 0.5) is 5.00 Å². The van der Waals surface area contributed by atoms with E-state index in [2.05, 4.69) is 11.4 Å². The minimum atomic E-state index is -0.335. The molecule has 0 spiro atoms. The second kappa shape index (κ2) is 9.07. The number of fused-ring (bicyclic) bond motifs is 3. The maximum atomic E-state index is 13.4. The number of benzene rings is 2. The van der Waals surface area contributed by atoms with E-state index < -0.39 is 0 Å². The Morgan fingerprint density at radius 3 is 2.83 bits per heavy atom. The number of amides is 2. The van der Waals surface area contributed by atoms with Crippen molar-refractivity contribution in [3.63, 3.8) is 0 Å². The number of hydrogen-bond donors (Lipinski definition) is 1. The van der Waals surface area contributed by atoms with Crippen molar-refractivity contribution in [2.75, 3.05) is 18.5 Å². The predicted octanol–water partition coefficient (Wildman–Crippen LogP) is 6.33. The number of ether oxygens (including phenoxy) is 1. The fraction of sp³-hybridized carbons (Fsp3) is 0.222. The first-order valence-corrected chi connectivity index (χ1v) is 13.4. The quantitative estimate of drug-likeness (QED) is 0.295. The van der Waals surface area contributed by atoms with Gasteiger partial charge in [-0.25, -0.2) is 4.98 Å². The van der Waals surface area contributed by atoms with Crippen molar-refractivity contribution >= 4 is 60.7 Å². The van der Waals surface area contributed by atoms with E-state index in [1.807, 2.05) is 48.2 Å². The summed E-state index contributed by atoms with van der Waals surface area (Å²) in [5.74, 6) is 0.538. The third-order valence-electron chi connectivity index (χ3n) is 6.27. The number of aromatic nitrogens is 1. The van der Waals surface area contributed by atoms with E-state index in [1.165, 1.54) is 11.3 Å². The van der Waals surface area contributed by atoms with Crippen molar-refractivity contribution in [2.45, 2.75) is 26.8 Å². The van der Waals surface area contributed by atoms with Gasteiger partial charge in [0.1, 0.15) is 10.0 Å². The van der Waals surface area contributed by atoms with Gasteiger partial charge in [0.25, 0.3) is 5.91 Å². The topological polar surface area (TPSA) is 84.7 Å². The van der Waals surface area contributed by atoms with Crippen LogP contribution >= 0.6 is 22.7 Å². The van der Waals surface area contributed by atoms with Crippen molar-refractivity contribution < 1.29 is 18.7 Å². The van der Waals surface area contributed by atoms with Gasteiger partial charge in [-0.15, -0.1) is 22.7 Å². The Morgan fingerprint density at radius 1 is 1.17 bits per heavy atom. The van der Waals surface area contributed by atoms with Crippen molar-refractivity contribution in [3.05, 3.63) is 64.7 Å². The SMILES string of the molecule is CCOc1cccc2cc(C(=O)Nc3sc4c(c3-c3nc5ccccc5s3)CCN(C(C)=O)C4)oc12. The van der Waals surface area contributed by atoms with E-state index in [4.69, 9.17) is 14.1 Å². The monoisotopic (exact) mass is 517 g/mol. The zero-order chi connectivity index (χ0) is 24.8. The van der Waals surface area contributed by atoms with E-state index in [0.717, 1.165) is 48.0 Å². The molecule has 7 nitrogen and oxygen atoms in total. The first-order valence-electron chi connectivity index (χ1n) is 11.7. The van der Waals surface area contributed by atoms with Crippen LogP contribution in [0.5, 0.6) is 5.75 Å². The Balaban J connectivity index is 1.41. The number of rotatable bonds is 5. The van der Waals surface area contributed by atoms with Crippen molar-refractivity contribution in [2.24, 2.45) is 0 Å². The summed E-state index contributed by atoms with van der Waals surface area (Å²) in [6.07, 6.45) is 0.717. The van der Waals surface area contributed by atoms with E-state index >= 15 is 0 Å². The molecule has 6 rings (SSSR count). The minimum Gasteiger partial charge on any atom is -0.490 e. The highest BCUT2D eigenvalue weighted by atomic mass is 32.1. The number of anilines is 1. The summed E-state index contributed by atoms with van der Waals surface area (Å²) in [5.41, 5.74) is 3.57. The zero-order valence-corrected chi connectivity index (χ0v) is 21.4. The van der Waals surface area contributed by atoms with Gasteiger partial charge in [0.05, 0.1) is 23.4 Å². The molecule has 0 saturated carbocycles. The van der Waals surface area contributed by atoms with Gasteiger partial charge in [-0.1, -0.05) is 24.3 Å².